The SMILES string of the molecule is COC(c1ccc(-c2ccccc2)cc1)c1c(C)sc(C)c1C(=O)NC1CC2(C1)CC(C(=O)O)C2. The molecule has 0 saturated heterocycles. The van der Waals surface area contributed by atoms with Gasteiger partial charge in [0.05, 0.1) is 11.5 Å². The molecule has 5 rings (SSSR count). The summed E-state index contributed by atoms with van der Waals surface area (Å²) in [5.41, 5.74) is 5.08. The van der Waals surface area contributed by atoms with Gasteiger partial charge in [-0.05, 0) is 61.6 Å². The predicted octanol–water partition coefficient (Wildman–Crippen LogP) is 6.14. The molecule has 1 aromatic heterocycles. The highest BCUT2D eigenvalue weighted by Gasteiger charge is 2.55. The first kappa shape index (κ1) is 23.8. The maximum absolute atomic E-state index is 13.4. The Kier molecular flexibility index (Phi) is 6.28. The average molecular weight is 490 g/mol. The number of thiophene rings is 1. The summed E-state index contributed by atoms with van der Waals surface area (Å²) < 4.78 is 5.96. The molecule has 6 heteroatoms. The minimum Gasteiger partial charge on any atom is -0.481 e. The van der Waals surface area contributed by atoms with E-state index in [-0.39, 0.29) is 29.4 Å². The molecular weight excluding hydrogens is 458 g/mol. The Labute approximate surface area is 210 Å². The smallest absolute Gasteiger partial charge is 0.306 e. The number of amides is 1. The third-order valence-electron chi connectivity index (χ3n) is 7.75. The van der Waals surface area contributed by atoms with Crippen LogP contribution in [0.4, 0.5) is 0 Å². The number of aryl methyl sites for hydroxylation is 2. The van der Waals surface area contributed by atoms with Crippen molar-refractivity contribution in [1.82, 2.24) is 5.32 Å². The Morgan fingerprint density at radius 3 is 2.20 bits per heavy atom. The van der Waals surface area contributed by atoms with Gasteiger partial charge in [0.25, 0.3) is 5.91 Å². The number of rotatable bonds is 7. The fourth-order valence-corrected chi connectivity index (χ4v) is 7.12. The molecule has 3 aromatic rings. The first-order valence-electron chi connectivity index (χ1n) is 12.1. The van der Waals surface area contributed by atoms with Crippen molar-refractivity contribution in [3.63, 3.8) is 0 Å². The van der Waals surface area contributed by atoms with Gasteiger partial charge in [-0.1, -0.05) is 54.6 Å². The van der Waals surface area contributed by atoms with E-state index in [0.717, 1.165) is 57.7 Å². The van der Waals surface area contributed by atoms with E-state index in [9.17, 15) is 14.7 Å². The Hall–Kier alpha value is -2.96. The number of carbonyl (C=O) groups is 2. The summed E-state index contributed by atoms with van der Waals surface area (Å²) in [7, 11) is 1.69. The lowest BCUT2D eigenvalue weighted by Gasteiger charge is -2.56. The van der Waals surface area contributed by atoms with Crippen LogP contribution in [0.3, 0.4) is 0 Å². The number of aliphatic carboxylic acids is 1. The minimum absolute atomic E-state index is 0.0567. The highest BCUT2D eigenvalue weighted by molar-refractivity contribution is 7.12. The van der Waals surface area contributed by atoms with Crippen LogP contribution in [-0.2, 0) is 9.53 Å². The van der Waals surface area contributed by atoms with Crippen molar-refractivity contribution >= 4 is 23.2 Å². The molecule has 0 radical (unpaired) electrons. The maximum Gasteiger partial charge on any atom is 0.306 e. The summed E-state index contributed by atoms with van der Waals surface area (Å²) in [6, 6.07) is 18.7. The second kappa shape index (κ2) is 9.25. The van der Waals surface area contributed by atoms with Crippen LogP contribution in [0.15, 0.2) is 54.6 Å². The van der Waals surface area contributed by atoms with E-state index in [4.69, 9.17) is 4.74 Å². The lowest BCUT2D eigenvalue weighted by molar-refractivity contribution is -0.155. The van der Waals surface area contributed by atoms with Gasteiger partial charge in [0.15, 0.2) is 0 Å². The van der Waals surface area contributed by atoms with Crippen molar-refractivity contribution in [2.24, 2.45) is 11.3 Å². The normalized spacial score (nSPS) is 23.9. The minimum atomic E-state index is -0.695. The number of methoxy groups -OCH3 is 1. The van der Waals surface area contributed by atoms with E-state index in [1.54, 1.807) is 18.4 Å². The van der Waals surface area contributed by atoms with E-state index < -0.39 is 5.97 Å². The number of benzene rings is 2. The van der Waals surface area contributed by atoms with Crippen LogP contribution in [-0.4, -0.2) is 30.1 Å². The van der Waals surface area contributed by atoms with Gasteiger partial charge >= 0.3 is 5.97 Å². The quantitative estimate of drug-likeness (QED) is 0.418. The van der Waals surface area contributed by atoms with Crippen LogP contribution >= 0.6 is 11.3 Å². The van der Waals surface area contributed by atoms with Gasteiger partial charge in [0.1, 0.15) is 6.10 Å². The Balaban J connectivity index is 1.33. The van der Waals surface area contributed by atoms with Gasteiger partial charge < -0.3 is 15.2 Å². The lowest BCUT2D eigenvalue weighted by atomic mass is 9.50. The average Bonchev–Trinajstić information content (AvgIpc) is 3.09. The Bertz CT molecular complexity index is 1230. The van der Waals surface area contributed by atoms with Crippen molar-refractivity contribution < 1.29 is 19.4 Å². The van der Waals surface area contributed by atoms with Crippen LogP contribution in [0, 0.1) is 25.2 Å². The van der Waals surface area contributed by atoms with Gasteiger partial charge in [0, 0.05) is 28.5 Å². The first-order valence-corrected chi connectivity index (χ1v) is 12.9. The molecule has 2 aliphatic carbocycles. The van der Waals surface area contributed by atoms with E-state index in [0.29, 0.717) is 5.56 Å². The molecule has 2 saturated carbocycles. The van der Waals surface area contributed by atoms with E-state index in [1.165, 1.54) is 0 Å². The van der Waals surface area contributed by atoms with E-state index in [1.807, 2.05) is 32.0 Å². The van der Waals surface area contributed by atoms with Gasteiger partial charge in [0.2, 0.25) is 0 Å². The molecule has 2 fully saturated rings. The maximum atomic E-state index is 13.4. The van der Waals surface area contributed by atoms with Gasteiger partial charge in [-0.2, -0.15) is 0 Å². The number of carbonyl (C=O) groups excluding carboxylic acids is 1. The van der Waals surface area contributed by atoms with Crippen LogP contribution in [0.1, 0.15) is 63.0 Å². The molecule has 182 valence electrons. The molecule has 1 spiro atoms. The Morgan fingerprint density at radius 2 is 1.60 bits per heavy atom. The second-order valence-electron chi connectivity index (χ2n) is 10.1. The highest BCUT2D eigenvalue weighted by atomic mass is 32.1. The Morgan fingerprint density at radius 1 is 0.971 bits per heavy atom. The summed E-state index contributed by atoms with van der Waals surface area (Å²) in [5.74, 6) is -0.964. The molecule has 1 heterocycles. The summed E-state index contributed by atoms with van der Waals surface area (Å²) >= 11 is 1.63. The van der Waals surface area contributed by atoms with E-state index in [2.05, 4.69) is 41.7 Å². The zero-order valence-electron chi connectivity index (χ0n) is 20.3. The number of hydrogen-bond acceptors (Lipinski definition) is 4. The lowest BCUT2D eigenvalue weighted by Crippen LogP contribution is -2.57. The summed E-state index contributed by atoms with van der Waals surface area (Å²) in [6.45, 7) is 4.04. The molecule has 2 aromatic carbocycles. The van der Waals surface area contributed by atoms with Crippen LogP contribution < -0.4 is 5.32 Å². The summed E-state index contributed by atoms with van der Waals surface area (Å²) in [5, 5.41) is 12.4. The fraction of sp³-hybridized carbons (Fsp3) is 0.379. The van der Waals surface area contributed by atoms with E-state index >= 15 is 0 Å². The van der Waals surface area contributed by atoms with Gasteiger partial charge in [-0.15, -0.1) is 11.3 Å². The molecule has 1 amide bonds. The van der Waals surface area contributed by atoms with Crippen molar-refractivity contribution in [2.45, 2.75) is 51.7 Å². The molecule has 2 aliphatic rings. The zero-order valence-corrected chi connectivity index (χ0v) is 21.2. The molecule has 0 bridgehead atoms. The largest absolute Gasteiger partial charge is 0.481 e. The zero-order chi connectivity index (χ0) is 24.7. The highest BCUT2D eigenvalue weighted by Crippen LogP contribution is 2.58. The first-order chi connectivity index (χ1) is 16.8. The second-order valence-corrected chi connectivity index (χ2v) is 11.6. The molecule has 5 nitrogen and oxygen atoms in total. The number of hydrogen-bond donors (Lipinski definition) is 2. The predicted molar refractivity (Wildman–Crippen MR) is 138 cm³/mol. The molecule has 1 unspecified atom stereocenters. The topological polar surface area (TPSA) is 75.6 Å². The number of nitrogens with one attached hydrogen (secondary N) is 1. The van der Waals surface area contributed by atoms with Crippen molar-refractivity contribution in [2.75, 3.05) is 7.11 Å². The van der Waals surface area contributed by atoms with Crippen LogP contribution in [0.5, 0.6) is 0 Å². The van der Waals surface area contributed by atoms with Crippen molar-refractivity contribution in [3.05, 3.63) is 81.0 Å². The number of carboxylic acids is 1. The summed E-state index contributed by atoms with van der Waals surface area (Å²) in [6.07, 6.45) is 2.88. The fourth-order valence-electron chi connectivity index (χ4n) is 6.04. The molecule has 1 atom stereocenters. The van der Waals surface area contributed by atoms with Crippen molar-refractivity contribution in [1.29, 1.82) is 0 Å². The third-order valence-corrected chi connectivity index (χ3v) is 8.79. The monoisotopic (exact) mass is 489 g/mol. The molecule has 0 aliphatic heterocycles. The van der Waals surface area contributed by atoms with Crippen molar-refractivity contribution in [3.8, 4) is 11.1 Å². The van der Waals surface area contributed by atoms with Gasteiger partial charge in [-0.3, -0.25) is 9.59 Å². The molecule has 35 heavy (non-hydrogen) atoms. The third kappa shape index (κ3) is 4.41. The standard InChI is InChI=1S/C29H31NO4S/c1-17-24(26(34-3)21-11-9-20(10-12-21)19-7-5-4-6-8-19)25(18(2)35-17)27(31)30-23-15-29(16-23)13-22(14-29)28(32)33/h4-12,22-23,26H,13-16H2,1-3H3,(H,30,31)(H,32,33). The molecule has 2 N–H and O–H groups in total. The van der Waals surface area contributed by atoms with Gasteiger partial charge in [-0.25, -0.2) is 0 Å². The molecular formula is C29H31NO4S. The number of carboxylic acid groups (broad SMARTS) is 1. The number of ether oxygens (including phenoxy) is 1. The van der Waals surface area contributed by atoms with Crippen LogP contribution in [0.2, 0.25) is 0 Å². The summed E-state index contributed by atoms with van der Waals surface area (Å²) in [4.78, 5) is 26.7. The van der Waals surface area contributed by atoms with Crippen LogP contribution in [0.25, 0.3) is 11.1 Å².